The maximum Gasteiger partial charge on any atom is 0.0675 e. The summed E-state index contributed by atoms with van der Waals surface area (Å²) in [5.74, 6) is 5.67. The fraction of sp³-hybridized carbons (Fsp3) is 0.286. The number of nitrogens with one attached hydrogen (secondary N) is 1. The van der Waals surface area contributed by atoms with E-state index in [4.69, 9.17) is 5.84 Å². The lowest BCUT2D eigenvalue weighted by atomic mass is 10.00. The zero-order valence-corrected chi connectivity index (χ0v) is 10.5. The van der Waals surface area contributed by atoms with Gasteiger partial charge in [0, 0.05) is 18.6 Å². The molecule has 2 rings (SSSR count). The molecule has 0 saturated heterocycles. The third-order valence-electron chi connectivity index (χ3n) is 3.00. The van der Waals surface area contributed by atoms with Crippen molar-refractivity contribution in [3.05, 3.63) is 59.7 Å². The van der Waals surface area contributed by atoms with E-state index >= 15 is 0 Å². The van der Waals surface area contributed by atoms with E-state index in [-0.39, 0.29) is 6.04 Å². The smallest absolute Gasteiger partial charge is 0.0675 e. The van der Waals surface area contributed by atoms with Crippen LogP contribution in [0.1, 0.15) is 29.8 Å². The summed E-state index contributed by atoms with van der Waals surface area (Å²) < 4.78 is 0. The molecule has 0 aliphatic rings. The van der Waals surface area contributed by atoms with E-state index in [1.807, 2.05) is 30.6 Å². The van der Waals surface area contributed by atoms with Gasteiger partial charge in [-0.25, -0.2) is 0 Å². The highest BCUT2D eigenvalue weighted by Crippen LogP contribution is 2.19. The molecule has 0 bridgehead atoms. The molecule has 2 aromatic rings. The number of hydrogen-bond donors (Lipinski definition) is 2. The van der Waals surface area contributed by atoms with Crippen LogP contribution in [-0.2, 0) is 12.8 Å². The van der Waals surface area contributed by atoms with Gasteiger partial charge in [0.2, 0.25) is 0 Å². The SMILES string of the molecule is CCc1cccnc1C(Cc1cccnc1)NN. The molecule has 1 atom stereocenters. The van der Waals surface area contributed by atoms with E-state index in [1.165, 1.54) is 5.56 Å². The molecule has 4 nitrogen and oxygen atoms in total. The van der Waals surface area contributed by atoms with Crippen molar-refractivity contribution in [3.63, 3.8) is 0 Å². The highest BCUT2D eigenvalue weighted by Gasteiger charge is 2.15. The molecular weight excluding hydrogens is 224 g/mol. The number of aromatic nitrogens is 2. The molecule has 0 aliphatic heterocycles. The molecule has 2 heterocycles. The number of hydrazine groups is 1. The van der Waals surface area contributed by atoms with Crippen molar-refractivity contribution in [1.29, 1.82) is 0 Å². The Labute approximate surface area is 107 Å². The van der Waals surface area contributed by atoms with Gasteiger partial charge in [-0.2, -0.15) is 0 Å². The maximum absolute atomic E-state index is 5.67. The van der Waals surface area contributed by atoms with Crippen molar-refractivity contribution in [2.24, 2.45) is 5.84 Å². The summed E-state index contributed by atoms with van der Waals surface area (Å²) in [5.41, 5.74) is 6.24. The molecule has 0 radical (unpaired) electrons. The van der Waals surface area contributed by atoms with Crippen LogP contribution in [0, 0.1) is 0 Å². The highest BCUT2D eigenvalue weighted by atomic mass is 15.2. The van der Waals surface area contributed by atoms with Gasteiger partial charge in [-0.15, -0.1) is 0 Å². The fourth-order valence-electron chi connectivity index (χ4n) is 2.05. The molecular formula is C14H18N4. The van der Waals surface area contributed by atoms with Crippen molar-refractivity contribution < 1.29 is 0 Å². The molecule has 1 unspecified atom stereocenters. The van der Waals surface area contributed by atoms with Crippen LogP contribution in [0.2, 0.25) is 0 Å². The third-order valence-corrected chi connectivity index (χ3v) is 3.00. The van der Waals surface area contributed by atoms with Gasteiger partial charge >= 0.3 is 0 Å². The summed E-state index contributed by atoms with van der Waals surface area (Å²) in [5, 5.41) is 0. The molecule has 94 valence electrons. The Morgan fingerprint density at radius 2 is 2.11 bits per heavy atom. The topological polar surface area (TPSA) is 63.8 Å². The van der Waals surface area contributed by atoms with Gasteiger partial charge in [-0.05, 0) is 36.1 Å². The minimum atomic E-state index is 0.0188. The van der Waals surface area contributed by atoms with Crippen LogP contribution in [0.5, 0.6) is 0 Å². The third kappa shape index (κ3) is 2.91. The van der Waals surface area contributed by atoms with Crippen LogP contribution in [0.3, 0.4) is 0 Å². The summed E-state index contributed by atoms with van der Waals surface area (Å²) in [7, 11) is 0. The zero-order valence-electron chi connectivity index (χ0n) is 10.5. The Balaban J connectivity index is 2.23. The molecule has 18 heavy (non-hydrogen) atoms. The molecule has 0 aromatic carbocycles. The van der Waals surface area contributed by atoms with E-state index in [9.17, 15) is 0 Å². The zero-order chi connectivity index (χ0) is 12.8. The Hall–Kier alpha value is -1.78. The van der Waals surface area contributed by atoms with E-state index in [2.05, 4.69) is 28.4 Å². The predicted octanol–water partition coefficient (Wildman–Crippen LogP) is 1.79. The first-order valence-corrected chi connectivity index (χ1v) is 6.14. The van der Waals surface area contributed by atoms with Crippen molar-refractivity contribution in [3.8, 4) is 0 Å². The van der Waals surface area contributed by atoms with E-state index in [0.717, 1.165) is 24.1 Å². The van der Waals surface area contributed by atoms with Crippen molar-refractivity contribution >= 4 is 0 Å². The van der Waals surface area contributed by atoms with Gasteiger partial charge in [-0.1, -0.05) is 19.1 Å². The second kappa shape index (κ2) is 6.23. The van der Waals surface area contributed by atoms with Crippen LogP contribution in [0.25, 0.3) is 0 Å². The fourth-order valence-corrected chi connectivity index (χ4v) is 2.05. The first kappa shape index (κ1) is 12.7. The first-order valence-electron chi connectivity index (χ1n) is 6.14. The normalized spacial score (nSPS) is 12.3. The van der Waals surface area contributed by atoms with Crippen LogP contribution in [-0.4, -0.2) is 9.97 Å². The standard InChI is InChI=1S/C14H18N4/c1-2-12-6-4-8-17-14(12)13(18-15)9-11-5-3-7-16-10-11/h3-8,10,13,18H,2,9,15H2,1H3. The van der Waals surface area contributed by atoms with Crippen LogP contribution < -0.4 is 11.3 Å². The second-order valence-electron chi connectivity index (χ2n) is 4.19. The summed E-state index contributed by atoms with van der Waals surface area (Å²) >= 11 is 0. The Bertz CT molecular complexity index is 484. The summed E-state index contributed by atoms with van der Waals surface area (Å²) in [6.07, 6.45) is 7.18. The predicted molar refractivity (Wildman–Crippen MR) is 71.6 cm³/mol. The average Bonchev–Trinajstić information content (AvgIpc) is 2.46. The maximum atomic E-state index is 5.67. The van der Waals surface area contributed by atoms with E-state index in [1.54, 1.807) is 6.20 Å². The molecule has 0 fully saturated rings. The Morgan fingerprint density at radius 3 is 2.78 bits per heavy atom. The lowest BCUT2D eigenvalue weighted by Gasteiger charge is -2.18. The monoisotopic (exact) mass is 242 g/mol. The van der Waals surface area contributed by atoms with Crippen molar-refractivity contribution in [1.82, 2.24) is 15.4 Å². The molecule has 0 aliphatic carbocycles. The quantitative estimate of drug-likeness (QED) is 0.619. The van der Waals surface area contributed by atoms with Gasteiger partial charge < -0.3 is 0 Å². The van der Waals surface area contributed by atoms with Gasteiger partial charge in [-0.3, -0.25) is 21.2 Å². The Kier molecular flexibility index (Phi) is 4.39. The minimum absolute atomic E-state index is 0.0188. The van der Waals surface area contributed by atoms with Gasteiger partial charge in [0.15, 0.2) is 0 Å². The van der Waals surface area contributed by atoms with Crippen LogP contribution >= 0.6 is 0 Å². The molecule has 2 aromatic heterocycles. The Morgan fingerprint density at radius 1 is 1.28 bits per heavy atom. The second-order valence-corrected chi connectivity index (χ2v) is 4.19. The lowest BCUT2D eigenvalue weighted by Crippen LogP contribution is -2.31. The molecule has 4 heteroatoms. The number of aryl methyl sites for hydroxylation is 1. The number of nitrogens with two attached hydrogens (primary N) is 1. The summed E-state index contributed by atoms with van der Waals surface area (Å²) in [6.45, 7) is 2.12. The molecule has 0 amide bonds. The summed E-state index contributed by atoms with van der Waals surface area (Å²) in [4.78, 5) is 8.57. The van der Waals surface area contributed by atoms with Crippen molar-refractivity contribution in [2.75, 3.05) is 0 Å². The van der Waals surface area contributed by atoms with Crippen LogP contribution in [0.4, 0.5) is 0 Å². The summed E-state index contributed by atoms with van der Waals surface area (Å²) in [6, 6.07) is 8.05. The van der Waals surface area contributed by atoms with E-state index in [0.29, 0.717) is 0 Å². The average molecular weight is 242 g/mol. The number of nitrogens with zero attached hydrogens (tertiary/aromatic N) is 2. The molecule has 3 N–H and O–H groups in total. The van der Waals surface area contributed by atoms with Gasteiger partial charge in [0.25, 0.3) is 0 Å². The van der Waals surface area contributed by atoms with Crippen LogP contribution in [0.15, 0.2) is 42.9 Å². The number of rotatable bonds is 5. The van der Waals surface area contributed by atoms with Crippen molar-refractivity contribution in [2.45, 2.75) is 25.8 Å². The minimum Gasteiger partial charge on any atom is -0.271 e. The van der Waals surface area contributed by atoms with Gasteiger partial charge in [0.05, 0.1) is 11.7 Å². The molecule has 0 saturated carbocycles. The number of pyridine rings is 2. The lowest BCUT2D eigenvalue weighted by molar-refractivity contribution is 0.533. The first-order chi connectivity index (χ1) is 8.85. The van der Waals surface area contributed by atoms with E-state index < -0.39 is 0 Å². The molecule has 0 spiro atoms. The number of hydrogen-bond acceptors (Lipinski definition) is 4. The van der Waals surface area contributed by atoms with Gasteiger partial charge in [0.1, 0.15) is 0 Å². The highest BCUT2D eigenvalue weighted by molar-refractivity contribution is 5.25. The largest absolute Gasteiger partial charge is 0.271 e.